The zero-order valence-electron chi connectivity index (χ0n) is 9.75. The molecular formula is C9H18ClNO4S. The number of nitrogens with one attached hydrogen (secondary N) is 1. The minimum Gasteiger partial charge on any atom is -0.444 e. The van der Waals surface area contributed by atoms with Gasteiger partial charge in [0.1, 0.15) is 5.60 Å². The fourth-order valence-corrected chi connectivity index (χ4v) is 1.78. The zero-order chi connectivity index (χ0) is 12.8. The van der Waals surface area contributed by atoms with Crippen LogP contribution in [0.25, 0.3) is 0 Å². The van der Waals surface area contributed by atoms with Gasteiger partial charge in [-0.15, -0.1) is 0 Å². The summed E-state index contributed by atoms with van der Waals surface area (Å²) >= 11 is 0. The largest absolute Gasteiger partial charge is 0.444 e. The predicted octanol–water partition coefficient (Wildman–Crippen LogP) is 1.86. The van der Waals surface area contributed by atoms with Gasteiger partial charge in [-0.25, -0.2) is 13.2 Å². The first-order chi connectivity index (χ1) is 7.10. The average molecular weight is 272 g/mol. The Hall–Kier alpha value is -0.490. The summed E-state index contributed by atoms with van der Waals surface area (Å²) in [6, 6.07) is 0. The molecule has 0 aliphatic heterocycles. The lowest BCUT2D eigenvalue weighted by Crippen LogP contribution is -2.33. The van der Waals surface area contributed by atoms with Crippen LogP contribution in [0.4, 0.5) is 4.79 Å². The van der Waals surface area contributed by atoms with Crippen molar-refractivity contribution in [3.8, 4) is 0 Å². The summed E-state index contributed by atoms with van der Waals surface area (Å²) < 4.78 is 26.1. The Morgan fingerprint density at radius 1 is 1.31 bits per heavy atom. The van der Waals surface area contributed by atoms with Crippen LogP contribution >= 0.6 is 10.7 Å². The molecule has 0 aliphatic rings. The minimum absolute atomic E-state index is 0.0788. The highest BCUT2D eigenvalue weighted by atomic mass is 35.7. The lowest BCUT2D eigenvalue weighted by molar-refractivity contribution is 0.0527. The van der Waals surface area contributed by atoms with E-state index in [0.717, 1.165) is 0 Å². The quantitative estimate of drug-likeness (QED) is 0.612. The van der Waals surface area contributed by atoms with Crippen molar-refractivity contribution in [2.75, 3.05) is 12.3 Å². The summed E-state index contributed by atoms with van der Waals surface area (Å²) in [7, 11) is 1.60. The van der Waals surface area contributed by atoms with Gasteiger partial charge in [-0.2, -0.15) is 0 Å². The van der Waals surface area contributed by atoms with Crippen molar-refractivity contribution in [2.45, 2.75) is 39.2 Å². The van der Waals surface area contributed by atoms with E-state index < -0.39 is 20.7 Å². The molecule has 7 heteroatoms. The van der Waals surface area contributed by atoms with Crippen LogP contribution < -0.4 is 5.32 Å². The van der Waals surface area contributed by atoms with Gasteiger partial charge in [-0.05, 0) is 33.6 Å². The maximum Gasteiger partial charge on any atom is 0.407 e. The molecule has 0 unspecified atom stereocenters. The first-order valence-corrected chi connectivity index (χ1v) is 7.47. The van der Waals surface area contributed by atoms with E-state index in [1.54, 1.807) is 20.8 Å². The highest BCUT2D eigenvalue weighted by Crippen LogP contribution is 2.06. The Kier molecular flexibility index (Phi) is 6.10. The lowest BCUT2D eigenvalue weighted by Gasteiger charge is -2.19. The highest BCUT2D eigenvalue weighted by molar-refractivity contribution is 8.13. The van der Waals surface area contributed by atoms with E-state index >= 15 is 0 Å². The molecule has 0 saturated heterocycles. The predicted molar refractivity (Wildman–Crippen MR) is 63.1 cm³/mol. The van der Waals surface area contributed by atoms with Crippen LogP contribution in [0.5, 0.6) is 0 Å². The molecule has 0 radical (unpaired) electrons. The van der Waals surface area contributed by atoms with Gasteiger partial charge >= 0.3 is 6.09 Å². The molecule has 0 aromatic rings. The third kappa shape index (κ3) is 11.6. The fourth-order valence-electron chi connectivity index (χ4n) is 0.904. The molecule has 0 aromatic carbocycles. The first kappa shape index (κ1) is 15.5. The SMILES string of the molecule is CC(C)(C)OC(=O)NCCCCS(=O)(=O)Cl. The number of carbonyl (C=O) groups excluding carboxylic acids is 1. The Morgan fingerprint density at radius 2 is 1.88 bits per heavy atom. The molecule has 96 valence electrons. The van der Waals surface area contributed by atoms with E-state index in [0.29, 0.717) is 19.4 Å². The van der Waals surface area contributed by atoms with Gasteiger partial charge in [0.15, 0.2) is 0 Å². The second-order valence-corrected chi connectivity index (χ2v) is 7.28. The zero-order valence-corrected chi connectivity index (χ0v) is 11.3. The van der Waals surface area contributed by atoms with Gasteiger partial charge in [0.05, 0.1) is 5.75 Å². The molecule has 0 spiro atoms. The summed E-state index contributed by atoms with van der Waals surface area (Å²) in [4.78, 5) is 11.1. The third-order valence-electron chi connectivity index (χ3n) is 1.48. The molecule has 16 heavy (non-hydrogen) atoms. The Labute approximate surface area is 101 Å². The summed E-state index contributed by atoms with van der Waals surface area (Å²) in [6.45, 7) is 5.69. The van der Waals surface area contributed by atoms with Crippen LogP contribution in [0, 0.1) is 0 Å². The molecule has 0 atom stereocenters. The molecule has 0 aliphatic carbocycles. The standard InChI is InChI=1S/C9H18ClNO4S/c1-9(2,3)15-8(12)11-6-4-5-7-16(10,13)14/h4-7H2,1-3H3,(H,11,12). The smallest absolute Gasteiger partial charge is 0.407 e. The van der Waals surface area contributed by atoms with Crippen LogP contribution in [-0.4, -0.2) is 32.4 Å². The Morgan fingerprint density at radius 3 is 2.31 bits per heavy atom. The number of amides is 1. The van der Waals surface area contributed by atoms with E-state index in [1.807, 2.05) is 0 Å². The van der Waals surface area contributed by atoms with Crippen LogP contribution in [0.3, 0.4) is 0 Å². The van der Waals surface area contributed by atoms with Gasteiger partial charge < -0.3 is 10.1 Å². The lowest BCUT2D eigenvalue weighted by atomic mass is 10.2. The summed E-state index contributed by atoms with van der Waals surface area (Å²) in [5, 5.41) is 2.53. The maximum atomic E-state index is 11.1. The highest BCUT2D eigenvalue weighted by Gasteiger charge is 2.15. The molecule has 1 N–H and O–H groups in total. The second kappa shape index (κ2) is 6.30. The topological polar surface area (TPSA) is 72.5 Å². The Balaban J connectivity index is 3.57. The number of rotatable bonds is 5. The number of ether oxygens (including phenoxy) is 1. The van der Waals surface area contributed by atoms with Crippen molar-refractivity contribution < 1.29 is 17.9 Å². The van der Waals surface area contributed by atoms with Gasteiger partial charge in [0, 0.05) is 17.2 Å². The van der Waals surface area contributed by atoms with E-state index in [-0.39, 0.29) is 5.75 Å². The van der Waals surface area contributed by atoms with Crippen LogP contribution in [0.15, 0.2) is 0 Å². The summed E-state index contributed by atoms with van der Waals surface area (Å²) in [6.07, 6.45) is 0.466. The second-order valence-electron chi connectivity index (χ2n) is 4.38. The first-order valence-electron chi connectivity index (χ1n) is 4.99. The molecule has 0 heterocycles. The molecule has 0 fully saturated rings. The van der Waals surface area contributed by atoms with E-state index in [1.165, 1.54) is 0 Å². The number of unbranched alkanes of at least 4 members (excludes halogenated alkanes) is 1. The fraction of sp³-hybridized carbons (Fsp3) is 0.889. The van der Waals surface area contributed by atoms with E-state index in [4.69, 9.17) is 15.4 Å². The molecule has 5 nitrogen and oxygen atoms in total. The third-order valence-corrected chi connectivity index (χ3v) is 2.72. The van der Waals surface area contributed by atoms with Crippen molar-refractivity contribution >= 4 is 25.8 Å². The van der Waals surface area contributed by atoms with Gasteiger partial charge in [0.2, 0.25) is 9.05 Å². The number of alkyl carbamates (subject to hydrolysis) is 1. The van der Waals surface area contributed by atoms with Crippen LogP contribution in [-0.2, 0) is 13.8 Å². The summed E-state index contributed by atoms with van der Waals surface area (Å²) in [5.74, 6) is -0.0788. The number of hydrogen-bond donors (Lipinski definition) is 1. The maximum absolute atomic E-state index is 11.1. The molecule has 0 bridgehead atoms. The number of carbonyl (C=O) groups is 1. The van der Waals surface area contributed by atoms with Crippen molar-refractivity contribution in [1.29, 1.82) is 0 Å². The molecule has 1 amide bonds. The monoisotopic (exact) mass is 271 g/mol. The average Bonchev–Trinajstić information content (AvgIpc) is 1.97. The van der Waals surface area contributed by atoms with Crippen LogP contribution in [0.1, 0.15) is 33.6 Å². The Bertz CT molecular complexity index is 321. The molecule has 0 rings (SSSR count). The van der Waals surface area contributed by atoms with Gasteiger partial charge in [-0.3, -0.25) is 0 Å². The normalized spacial score (nSPS) is 12.2. The van der Waals surface area contributed by atoms with Crippen molar-refractivity contribution in [2.24, 2.45) is 0 Å². The summed E-state index contributed by atoms with van der Waals surface area (Å²) in [5.41, 5.74) is -0.524. The molecule has 0 aromatic heterocycles. The molecular weight excluding hydrogens is 254 g/mol. The van der Waals surface area contributed by atoms with E-state index in [2.05, 4.69) is 5.32 Å². The van der Waals surface area contributed by atoms with Crippen molar-refractivity contribution in [1.82, 2.24) is 5.32 Å². The van der Waals surface area contributed by atoms with Crippen LogP contribution in [0.2, 0.25) is 0 Å². The number of halogens is 1. The van der Waals surface area contributed by atoms with Gasteiger partial charge in [0.25, 0.3) is 0 Å². The minimum atomic E-state index is -3.43. The molecule has 0 saturated carbocycles. The van der Waals surface area contributed by atoms with Crippen molar-refractivity contribution in [3.63, 3.8) is 0 Å². The number of hydrogen-bond acceptors (Lipinski definition) is 4. The van der Waals surface area contributed by atoms with Gasteiger partial charge in [-0.1, -0.05) is 0 Å². The van der Waals surface area contributed by atoms with Crippen molar-refractivity contribution in [3.05, 3.63) is 0 Å². The van der Waals surface area contributed by atoms with E-state index in [9.17, 15) is 13.2 Å².